The van der Waals surface area contributed by atoms with Gasteiger partial charge in [0.2, 0.25) is 0 Å². The van der Waals surface area contributed by atoms with E-state index in [0.717, 1.165) is 41.2 Å². The average Bonchev–Trinajstić information content (AvgIpc) is 2.85. The molecule has 180 valence electrons. The van der Waals surface area contributed by atoms with Crippen LogP contribution in [0.4, 0.5) is 23.0 Å². The van der Waals surface area contributed by atoms with Crippen molar-refractivity contribution in [3.63, 3.8) is 0 Å². The van der Waals surface area contributed by atoms with Gasteiger partial charge in [-0.1, -0.05) is 30.3 Å². The zero-order valence-electron chi connectivity index (χ0n) is 20.6. The van der Waals surface area contributed by atoms with Crippen LogP contribution in [0, 0.1) is 6.92 Å². The number of hydrogen-bond donors (Lipinski definition) is 2. The van der Waals surface area contributed by atoms with Crippen molar-refractivity contribution in [1.82, 2.24) is 9.97 Å². The highest BCUT2D eigenvalue weighted by Crippen LogP contribution is 2.29. The smallest absolute Gasteiger partial charge is 0.260 e. The van der Waals surface area contributed by atoms with Crippen LogP contribution < -0.4 is 20.3 Å². The predicted molar refractivity (Wildman–Crippen MR) is 143 cm³/mol. The summed E-state index contributed by atoms with van der Waals surface area (Å²) in [5, 5.41) is 8.20. The maximum atomic E-state index is 13.3. The van der Waals surface area contributed by atoms with E-state index in [1.807, 2.05) is 80.6 Å². The number of hydrogen-bond acceptors (Lipinski definition) is 6. The lowest BCUT2D eigenvalue weighted by Crippen LogP contribution is -2.23. The van der Waals surface area contributed by atoms with Gasteiger partial charge in [0.25, 0.3) is 5.91 Å². The van der Waals surface area contributed by atoms with Crippen molar-refractivity contribution < 1.29 is 9.53 Å². The highest BCUT2D eigenvalue weighted by atomic mass is 16.5. The van der Waals surface area contributed by atoms with Crippen molar-refractivity contribution in [2.24, 2.45) is 0 Å². The maximum absolute atomic E-state index is 13.3. The molecule has 2 N–H and O–H groups in total. The summed E-state index contributed by atoms with van der Waals surface area (Å²) in [6, 6.07) is 21.1. The molecule has 0 fully saturated rings. The van der Waals surface area contributed by atoms with E-state index in [2.05, 4.69) is 39.3 Å². The predicted octanol–water partition coefficient (Wildman–Crippen LogP) is 6.18. The Labute approximate surface area is 206 Å². The third kappa shape index (κ3) is 5.51. The first-order valence-electron chi connectivity index (χ1n) is 12.0. The van der Waals surface area contributed by atoms with Crippen LogP contribution in [0.5, 0.6) is 5.75 Å². The third-order valence-corrected chi connectivity index (χ3v) is 5.74. The van der Waals surface area contributed by atoms with Crippen molar-refractivity contribution in [3.05, 3.63) is 78.1 Å². The van der Waals surface area contributed by atoms with Gasteiger partial charge in [-0.3, -0.25) is 4.79 Å². The van der Waals surface area contributed by atoms with Gasteiger partial charge in [-0.05, 0) is 68.8 Å². The Bertz CT molecular complexity index is 1320. The van der Waals surface area contributed by atoms with Crippen LogP contribution in [0.15, 0.2) is 66.7 Å². The van der Waals surface area contributed by atoms with Gasteiger partial charge in [-0.15, -0.1) is 0 Å². The summed E-state index contributed by atoms with van der Waals surface area (Å²) in [7, 11) is 0. The first-order valence-corrected chi connectivity index (χ1v) is 12.0. The summed E-state index contributed by atoms with van der Waals surface area (Å²) in [5.41, 5.74) is 2.10. The molecule has 0 saturated carbocycles. The summed E-state index contributed by atoms with van der Waals surface area (Å²) in [4.78, 5) is 24.5. The number of anilines is 4. The Balaban J connectivity index is 1.53. The summed E-state index contributed by atoms with van der Waals surface area (Å²) in [5.74, 6) is 2.70. The summed E-state index contributed by atoms with van der Waals surface area (Å²) >= 11 is 0. The molecular weight excluding hydrogens is 438 g/mol. The second kappa shape index (κ2) is 10.9. The molecule has 35 heavy (non-hydrogen) atoms. The molecule has 7 heteroatoms. The summed E-state index contributed by atoms with van der Waals surface area (Å²) in [6.07, 6.45) is 0. The Morgan fingerprint density at radius 2 is 1.63 bits per heavy atom. The van der Waals surface area contributed by atoms with Crippen molar-refractivity contribution in [3.8, 4) is 5.75 Å². The standard InChI is InChI=1S/C28H31N5O2/c1-5-33(6-2)26-18-25(29-19(4)30-26)31-21-13-15-22(16-14-21)32-28(34)27-23-11-9-8-10-20(23)12-17-24(27)35-7-3/h8-18H,5-7H2,1-4H3,(H,32,34)(H,29,30,31). The number of ether oxygens (including phenoxy) is 1. The molecule has 3 aromatic carbocycles. The number of aromatic nitrogens is 2. The van der Waals surface area contributed by atoms with Crippen molar-refractivity contribution in [1.29, 1.82) is 0 Å². The minimum Gasteiger partial charge on any atom is -0.493 e. The largest absolute Gasteiger partial charge is 0.493 e. The van der Waals surface area contributed by atoms with E-state index in [9.17, 15) is 4.79 Å². The fourth-order valence-electron chi connectivity index (χ4n) is 4.07. The average molecular weight is 470 g/mol. The van der Waals surface area contributed by atoms with Gasteiger partial charge < -0.3 is 20.3 Å². The lowest BCUT2D eigenvalue weighted by atomic mass is 10.0. The minimum absolute atomic E-state index is 0.207. The lowest BCUT2D eigenvalue weighted by Gasteiger charge is -2.20. The zero-order valence-corrected chi connectivity index (χ0v) is 20.6. The molecule has 4 rings (SSSR count). The van der Waals surface area contributed by atoms with Crippen LogP contribution in [-0.4, -0.2) is 35.6 Å². The number of amides is 1. The van der Waals surface area contributed by atoms with E-state index in [1.165, 1.54) is 0 Å². The van der Waals surface area contributed by atoms with E-state index < -0.39 is 0 Å². The fourth-order valence-corrected chi connectivity index (χ4v) is 4.07. The van der Waals surface area contributed by atoms with E-state index in [-0.39, 0.29) is 5.91 Å². The van der Waals surface area contributed by atoms with Crippen LogP contribution in [0.25, 0.3) is 10.8 Å². The van der Waals surface area contributed by atoms with Gasteiger partial charge in [-0.25, -0.2) is 9.97 Å². The summed E-state index contributed by atoms with van der Waals surface area (Å²) < 4.78 is 5.76. The van der Waals surface area contributed by atoms with E-state index in [1.54, 1.807) is 0 Å². The number of fused-ring (bicyclic) bond motifs is 1. The second-order valence-corrected chi connectivity index (χ2v) is 8.08. The number of carbonyl (C=O) groups is 1. The number of carbonyl (C=O) groups excluding carboxylic acids is 1. The van der Waals surface area contributed by atoms with Crippen LogP contribution in [0.1, 0.15) is 37.0 Å². The van der Waals surface area contributed by atoms with Gasteiger partial charge in [0.15, 0.2) is 0 Å². The molecule has 4 aromatic rings. The quantitative estimate of drug-likeness (QED) is 0.305. The van der Waals surface area contributed by atoms with Gasteiger partial charge in [0.05, 0.1) is 12.2 Å². The molecule has 0 aliphatic heterocycles. The van der Waals surface area contributed by atoms with Crippen LogP contribution in [0.3, 0.4) is 0 Å². The number of nitrogens with zero attached hydrogens (tertiary/aromatic N) is 3. The van der Waals surface area contributed by atoms with Gasteiger partial charge in [-0.2, -0.15) is 0 Å². The Kier molecular flexibility index (Phi) is 7.45. The Morgan fingerprint density at radius 3 is 2.34 bits per heavy atom. The molecular formula is C28H31N5O2. The van der Waals surface area contributed by atoms with E-state index in [0.29, 0.717) is 29.4 Å². The number of rotatable bonds is 9. The zero-order chi connectivity index (χ0) is 24.8. The van der Waals surface area contributed by atoms with Crippen LogP contribution >= 0.6 is 0 Å². The second-order valence-electron chi connectivity index (χ2n) is 8.08. The van der Waals surface area contributed by atoms with Gasteiger partial charge in [0, 0.05) is 30.5 Å². The molecule has 0 aliphatic rings. The molecule has 0 atom stereocenters. The molecule has 0 spiro atoms. The highest BCUT2D eigenvalue weighted by molar-refractivity contribution is 6.15. The third-order valence-electron chi connectivity index (χ3n) is 5.74. The monoisotopic (exact) mass is 469 g/mol. The van der Waals surface area contributed by atoms with E-state index >= 15 is 0 Å². The van der Waals surface area contributed by atoms with Crippen molar-refractivity contribution >= 4 is 39.7 Å². The number of nitrogens with one attached hydrogen (secondary N) is 2. The van der Waals surface area contributed by atoms with Crippen molar-refractivity contribution in [2.75, 3.05) is 35.2 Å². The Morgan fingerprint density at radius 1 is 0.914 bits per heavy atom. The molecule has 0 aliphatic carbocycles. The molecule has 1 heterocycles. The minimum atomic E-state index is -0.207. The molecule has 0 radical (unpaired) electrons. The number of aryl methyl sites for hydroxylation is 1. The molecule has 1 aromatic heterocycles. The fraction of sp³-hybridized carbons (Fsp3) is 0.250. The first-order chi connectivity index (χ1) is 17.0. The SMILES string of the molecule is CCOc1ccc2ccccc2c1C(=O)Nc1ccc(Nc2cc(N(CC)CC)nc(C)n2)cc1. The maximum Gasteiger partial charge on any atom is 0.260 e. The number of benzene rings is 3. The molecule has 0 unspecified atom stereocenters. The van der Waals surface area contributed by atoms with Gasteiger partial charge >= 0.3 is 0 Å². The molecule has 7 nitrogen and oxygen atoms in total. The molecule has 0 saturated heterocycles. The lowest BCUT2D eigenvalue weighted by molar-refractivity contribution is 0.102. The molecule has 1 amide bonds. The molecule has 0 bridgehead atoms. The topological polar surface area (TPSA) is 79.4 Å². The summed E-state index contributed by atoms with van der Waals surface area (Å²) in [6.45, 7) is 10.3. The highest BCUT2D eigenvalue weighted by Gasteiger charge is 2.17. The van der Waals surface area contributed by atoms with Gasteiger partial charge in [0.1, 0.15) is 23.2 Å². The van der Waals surface area contributed by atoms with Crippen LogP contribution in [0.2, 0.25) is 0 Å². The first kappa shape index (κ1) is 24.0. The van der Waals surface area contributed by atoms with Crippen molar-refractivity contribution in [2.45, 2.75) is 27.7 Å². The van der Waals surface area contributed by atoms with E-state index in [4.69, 9.17) is 4.74 Å². The van der Waals surface area contributed by atoms with Crippen LogP contribution in [-0.2, 0) is 0 Å². The Hall–Kier alpha value is -4.13. The normalized spacial score (nSPS) is 10.7.